The highest BCUT2D eigenvalue weighted by molar-refractivity contribution is 9.10. The smallest absolute Gasteiger partial charge is 0.270 e. The van der Waals surface area contributed by atoms with Crippen molar-refractivity contribution in [1.82, 2.24) is 0 Å². The Morgan fingerprint density at radius 1 is 1.06 bits per heavy atom. The first-order valence-corrected chi connectivity index (χ1v) is 13.8. The fraction of sp³-hybridized carbons (Fsp3) is 0.185. The number of carbonyl (C=O) groups is 1. The number of rotatable bonds is 7. The first kappa shape index (κ1) is 27.0. The monoisotopic (exact) mass is 621 g/mol. The zero-order valence-corrected chi connectivity index (χ0v) is 24.5. The molecule has 0 aromatic heterocycles. The summed E-state index contributed by atoms with van der Waals surface area (Å²) in [7, 11) is 0. The zero-order valence-electron chi connectivity index (χ0n) is 19.7. The lowest BCUT2D eigenvalue weighted by Gasteiger charge is -2.17. The summed E-state index contributed by atoms with van der Waals surface area (Å²) >= 11 is 22.6. The van der Waals surface area contributed by atoms with Crippen LogP contribution in [0.5, 0.6) is 11.5 Å². The molecule has 0 aliphatic carbocycles. The van der Waals surface area contributed by atoms with E-state index >= 15 is 0 Å². The van der Waals surface area contributed by atoms with E-state index in [-0.39, 0.29) is 12.5 Å². The number of halogens is 3. The molecule has 1 heterocycles. The van der Waals surface area contributed by atoms with Gasteiger partial charge < -0.3 is 9.47 Å². The number of ether oxygens (including phenoxy) is 2. The average molecular weight is 623 g/mol. The van der Waals surface area contributed by atoms with Gasteiger partial charge in [-0.2, -0.15) is 0 Å². The molecule has 36 heavy (non-hydrogen) atoms. The quantitative estimate of drug-likeness (QED) is 0.195. The largest absolute Gasteiger partial charge is 0.490 e. The van der Waals surface area contributed by atoms with Crippen LogP contribution in [0.2, 0.25) is 10.0 Å². The summed E-state index contributed by atoms with van der Waals surface area (Å²) in [4.78, 5) is 15.4. The molecule has 3 aromatic carbocycles. The van der Waals surface area contributed by atoms with E-state index in [4.69, 9.17) is 44.9 Å². The van der Waals surface area contributed by atoms with Gasteiger partial charge in [0.05, 0.1) is 31.7 Å². The molecule has 0 bridgehead atoms. The van der Waals surface area contributed by atoms with E-state index in [0.717, 1.165) is 27.9 Å². The molecule has 4 rings (SSSR count). The van der Waals surface area contributed by atoms with Gasteiger partial charge in [-0.05, 0) is 89.8 Å². The summed E-state index contributed by atoms with van der Waals surface area (Å²) < 4.78 is 13.1. The number of amides is 1. The van der Waals surface area contributed by atoms with Crippen LogP contribution in [0, 0.1) is 13.8 Å². The van der Waals surface area contributed by atoms with Gasteiger partial charge in [-0.15, -0.1) is 0 Å². The lowest BCUT2D eigenvalue weighted by molar-refractivity contribution is -0.113. The first-order chi connectivity index (χ1) is 17.2. The molecule has 186 valence electrons. The maximum atomic E-state index is 13.3. The fourth-order valence-corrected chi connectivity index (χ4v) is 5.92. The highest BCUT2D eigenvalue weighted by atomic mass is 79.9. The van der Waals surface area contributed by atoms with Crippen molar-refractivity contribution >= 4 is 85.1 Å². The Kier molecular flexibility index (Phi) is 8.68. The van der Waals surface area contributed by atoms with Gasteiger partial charge in [0.2, 0.25) is 0 Å². The minimum atomic E-state index is -0.147. The van der Waals surface area contributed by atoms with Crippen LogP contribution in [0.3, 0.4) is 0 Å². The zero-order chi connectivity index (χ0) is 26.0. The Balaban J connectivity index is 1.61. The number of carbonyl (C=O) groups excluding carboxylic acids is 1. The van der Waals surface area contributed by atoms with Crippen molar-refractivity contribution in [2.24, 2.45) is 0 Å². The van der Waals surface area contributed by atoms with E-state index in [1.807, 2.05) is 63.2 Å². The number of thiocarbonyl (C=S) groups is 1. The van der Waals surface area contributed by atoms with Gasteiger partial charge in [0.1, 0.15) is 6.61 Å². The van der Waals surface area contributed by atoms with Crippen molar-refractivity contribution in [2.75, 3.05) is 11.5 Å². The van der Waals surface area contributed by atoms with Gasteiger partial charge in [0.25, 0.3) is 5.91 Å². The Hall–Kier alpha value is -2.03. The minimum Gasteiger partial charge on any atom is -0.490 e. The molecule has 1 aliphatic heterocycles. The Morgan fingerprint density at radius 2 is 1.83 bits per heavy atom. The summed E-state index contributed by atoms with van der Waals surface area (Å²) in [5.41, 5.74) is 4.59. The number of nitrogens with zero attached hydrogens (tertiary/aromatic N) is 1. The minimum absolute atomic E-state index is 0.147. The van der Waals surface area contributed by atoms with Gasteiger partial charge in [-0.1, -0.05) is 70.9 Å². The van der Waals surface area contributed by atoms with E-state index in [9.17, 15) is 4.79 Å². The Labute approximate surface area is 238 Å². The topological polar surface area (TPSA) is 38.8 Å². The second-order valence-corrected chi connectivity index (χ2v) is 11.5. The van der Waals surface area contributed by atoms with Gasteiger partial charge in [0, 0.05) is 0 Å². The van der Waals surface area contributed by atoms with Gasteiger partial charge in [0.15, 0.2) is 15.8 Å². The highest BCUT2D eigenvalue weighted by Crippen LogP contribution is 2.41. The summed E-state index contributed by atoms with van der Waals surface area (Å²) in [5, 5.41) is 0.958. The van der Waals surface area contributed by atoms with Crippen LogP contribution in [-0.4, -0.2) is 16.8 Å². The predicted octanol–water partition coefficient (Wildman–Crippen LogP) is 8.76. The molecule has 0 N–H and O–H groups in total. The molecule has 3 aromatic rings. The molecule has 4 nitrogen and oxygen atoms in total. The molecule has 0 radical (unpaired) electrons. The number of thioether (sulfide) groups is 1. The van der Waals surface area contributed by atoms with Crippen LogP contribution in [-0.2, 0) is 11.4 Å². The maximum absolute atomic E-state index is 13.3. The predicted molar refractivity (Wildman–Crippen MR) is 158 cm³/mol. The number of anilines is 1. The molecule has 1 saturated heterocycles. The van der Waals surface area contributed by atoms with Crippen LogP contribution in [0.1, 0.15) is 29.2 Å². The SMILES string of the molecule is CCOc1cc(/C=C2\SC(=S)N(c3ccc(C)cc3C)C2=O)cc(Br)c1OCc1ccc(Cl)c(Cl)c1. The van der Waals surface area contributed by atoms with Crippen LogP contribution < -0.4 is 14.4 Å². The summed E-state index contributed by atoms with van der Waals surface area (Å²) in [6, 6.07) is 15.0. The molecule has 0 spiro atoms. The molecule has 1 amide bonds. The third-order valence-electron chi connectivity index (χ3n) is 5.38. The molecule has 0 unspecified atom stereocenters. The summed E-state index contributed by atoms with van der Waals surface area (Å²) in [6.45, 7) is 6.63. The van der Waals surface area contributed by atoms with Crippen LogP contribution in [0.4, 0.5) is 5.69 Å². The first-order valence-electron chi connectivity index (χ1n) is 11.1. The molecular weight excluding hydrogens is 601 g/mol. The normalized spacial score (nSPS) is 14.6. The van der Waals surface area contributed by atoms with Gasteiger partial charge >= 0.3 is 0 Å². The van der Waals surface area contributed by atoms with Crippen molar-refractivity contribution < 1.29 is 14.3 Å². The molecule has 0 saturated carbocycles. The third kappa shape index (κ3) is 5.92. The second kappa shape index (κ2) is 11.6. The van der Waals surface area contributed by atoms with E-state index < -0.39 is 0 Å². The van der Waals surface area contributed by atoms with Gasteiger partial charge in [-0.25, -0.2) is 0 Å². The van der Waals surface area contributed by atoms with Crippen molar-refractivity contribution in [2.45, 2.75) is 27.4 Å². The Bertz CT molecular complexity index is 1390. The lowest BCUT2D eigenvalue weighted by Crippen LogP contribution is -2.28. The maximum Gasteiger partial charge on any atom is 0.270 e. The van der Waals surface area contributed by atoms with Crippen LogP contribution >= 0.6 is 63.1 Å². The fourth-order valence-electron chi connectivity index (χ4n) is 3.74. The number of benzene rings is 3. The molecular formula is C27H22BrCl2NO3S2. The summed E-state index contributed by atoms with van der Waals surface area (Å²) in [6.07, 6.45) is 1.82. The van der Waals surface area contributed by atoms with E-state index in [1.165, 1.54) is 11.8 Å². The average Bonchev–Trinajstić information content (AvgIpc) is 3.08. The van der Waals surface area contributed by atoms with Crippen molar-refractivity contribution in [3.05, 3.63) is 90.2 Å². The Morgan fingerprint density at radius 3 is 2.53 bits per heavy atom. The van der Waals surface area contributed by atoms with Crippen molar-refractivity contribution in [3.8, 4) is 11.5 Å². The molecule has 1 fully saturated rings. The van der Waals surface area contributed by atoms with Crippen LogP contribution in [0.25, 0.3) is 6.08 Å². The highest BCUT2D eigenvalue weighted by Gasteiger charge is 2.34. The lowest BCUT2D eigenvalue weighted by atomic mass is 10.1. The number of hydrogen-bond acceptors (Lipinski definition) is 5. The second-order valence-electron chi connectivity index (χ2n) is 8.11. The van der Waals surface area contributed by atoms with Crippen molar-refractivity contribution in [1.29, 1.82) is 0 Å². The molecule has 0 atom stereocenters. The number of hydrogen-bond donors (Lipinski definition) is 0. The van der Waals surface area contributed by atoms with E-state index in [0.29, 0.717) is 41.8 Å². The molecule has 9 heteroatoms. The standard InChI is InChI=1S/C27H22BrCl2NO3S2/c1-4-33-23-12-18(10-19(28)25(23)34-14-17-6-7-20(29)21(30)11-17)13-24-26(32)31(27(35)36-24)22-8-5-15(2)9-16(22)3/h5-13H,4,14H2,1-3H3/b24-13-. The number of aryl methyl sites for hydroxylation is 2. The van der Waals surface area contributed by atoms with E-state index in [1.54, 1.807) is 17.0 Å². The summed E-state index contributed by atoms with van der Waals surface area (Å²) in [5.74, 6) is 0.969. The van der Waals surface area contributed by atoms with Crippen molar-refractivity contribution in [3.63, 3.8) is 0 Å². The van der Waals surface area contributed by atoms with Crippen LogP contribution in [0.15, 0.2) is 57.9 Å². The third-order valence-corrected chi connectivity index (χ3v) is 8.01. The van der Waals surface area contributed by atoms with Gasteiger partial charge in [-0.3, -0.25) is 9.69 Å². The molecule has 1 aliphatic rings. The van der Waals surface area contributed by atoms with E-state index in [2.05, 4.69) is 15.9 Å².